The molecule has 0 aliphatic carbocycles. The molecule has 1 aliphatic rings. The van der Waals surface area contributed by atoms with E-state index in [1.807, 2.05) is 30.3 Å². The second-order valence-corrected chi connectivity index (χ2v) is 12.4. The van der Waals surface area contributed by atoms with Crippen molar-refractivity contribution in [2.24, 2.45) is 0 Å². The zero-order valence-electron chi connectivity index (χ0n) is 20.9. The molecular formula is C29H34ClO4P. The molecule has 2 atom stereocenters. The Morgan fingerprint density at radius 2 is 1.86 bits per heavy atom. The van der Waals surface area contributed by atoms with Gasteiger partial charge in [-0.3, -0.25) is 0 Å². The van der Waals surface area contributed by atoms with Gasteiger partial charge in [0.1, 0.15) is 11.5 Å². The van der Waals surface area contributed by atoms with Gasteiger partial charge in [-0.1, -0.05) is 49.7 Å². The molecule has 0 aromatic heterocycles. The number of halogens is 1. The maximum atomic E-state index is 10.2. The van der Waals surface area contributed by atoms with Crippen LogP contribution in [0, 0.1) is 13.8 Å². The molecule has 0 bridgehead atoms. The number of hydrogen-bond acceptors (Lipinski definition) is 4. The summed E-state index contributed by atoms with van der Waals surface area (Å²) >= 11 is 6.17. The van der Waals surface area contributed by atoms with E-state index in [0.29, 0.717) is 17.4 Å². The lowest BCUT2D eigenvalue weighted by molar-refractivity contribution is 0.0973. The highest BCUT2D eigenvalue weighted by Gasteiger charge is 2.29. The third kappa shape index (κ3) is 6.32. The zero-order chi connectivity index (χ0) is 25.2. The van der Waals surface area contributed by atoms with Gasteiger partial charge >= 0.3 is 0 Å². The van der Waals surface area contributed by atoms with Crippen LogP contribution in [0.15, 0.2) is 54.6 Å². The molecule has 4 nitrogen and oxygen atoms in total. The lowest BCUT2D eigenvalue weighted by atomic mass is 9.93. The van der Waals surface area contributed by atoms with Gasteiger partial charge in [0.05, 0.1) is 12.7 Å². The summed E-state index contributed by atoms with van der Waals surface area (Å²) in [6, 6.07) is 17.8. The Bertz CT molecular complexity index is 1230. The third-order valence-electron chi connectivity index (χ3n) is 6.44. The molecule has 3 aromatic rings. The summed E-state index contributed by atoms with van der Waals surface area (Å²) in [6.07, 6.45) is 6.04. The molecule has 4 rings (SSSR count). The summed E-state index contributed by atoms with van der Waals surface area (Å²) in [5, 5.41) is 10.8. The first kappa shape index (κ1) is 25.9. The highest BCUT2D eigenvalue weighted by molar-refractivity contribution is 7.64. The molecule has 1 heterocycles. The van der Waals surface area contributed by atoms with Crippen LogP contribution in [0.1, 0.15) is 65.7 Å². The van der Waals surface area contributed by atoms with Crippen LogP contribution in [0.3, 0.4) is 0 Å². The van der Waals surface area contributed by atoms with E-state index in [9.17, 15) is 5.11 Å². The number of aryl methyl sites for hydroxylation is 2. The molecule has 1 unspecified atom stereocenters. The molecule has 6 heteroatoms. The molecular weight excluding hydrogens is 479 g/mol. The van der Waals surface area contributed by atoms with Crippen LogP contribution in [-0.2, 0) is 15.5 Å². The first-order valence-corrected chi connectivity index (χ1v) is 14.4. The van der Waals surface area contributed by atoms with E-state index in [-0.39, 0.29) is 18.4 Å². The van der Waals surface area contributed by atoms with Crippen molar-refractivity contribution in [3.63, 3.8) is 0 Å². The van der Waals surface area contributed by atoms with E-state index in [1.54, 1.807) is 6.07 Å². The molecule has 1 aliphatic heterocycles. The SMILES string of the molecule is C=P1(COc2cc(C)c(Cc3ccc(O)c(C(C)C)c3)c(C)c2)OCC[C@H](c2cccc(Cl)c2)O1. The van der Waals surface area contributed by atoms with Gasteiger partial charge in [0, 0.05) is 11.4 Å². The minimum atomic E-state index is -2.42. The van der Waals surface area contributed by atoms with Crippen molar-refractivity contribution in [2.45, 2.75) is 52.6 Å². The Hall–Kier alpha value is -2.23. The van der Waals surface area contributed by atoms with E-state index in [0.717, 1.165) is 40.8 Å². The number of aromatic hydroxyl groups is 1. The van der Waals surface area contributed by atoms with Crippen LogP contribution in [-0.4, -0.2) is 24.4 Å². The summed E-state index contributed by atoms with van der Waals surface area (Å²) in [6.45, 7) is 8.99. The minimum absolute atomic E-state index is 0.0937. The molecule has 0 spiro atoms. The Kier molecular flexibility index (Phi) is 7.98. The Morgan fingerprint density at radius 3 is 2.54 bits per heavy atom. The normalized spacial score (nSPS) is 20.2. The highest BCUT2D eigenvalue weighted by atomic mass is 35.5. The topological polar surface area (TPSA) is 47.9 Å². The van der Waals surface area contributed by atoms with Crippen molar-refractivity contribution in [2.75, 3.05) is 13.0 Å². The van der Waals surface area contributed by atoms with Crippen LogP contribution in [0.5, 0.6) is 11.5 Å². The van der Waals surface area contributed by atoms with Crippen molar-refractivity contribution in [1.82, 2.24) is 0 Å². The predicted molar refractivity (Wildman–Crippen MR) is 146 cm³/mol. The maximum absolute atomic E-state index is 10.2. The highest BCUT2D eigenvalue weighted by Crippen LogP contribution is 2.55. The predicted octanol–water partition coefficient (Wildman–Crippen LogP) is 8.17. The lowest BCUT2D eigenvalue weighted by Crippen LogP contribution is -2.17. The van der Waals surface area contributed by atoms with Gasteiger partial charge in [0.25, 0.3) is 0 Å². The molecule has 0 saturated carbocycles. The van der Waals surface area contributed by atoms with Crippen molar-refractivity contribution >= 4 is 25.2 Å². The maximum Gasteiger partial charge on any atom is 0.155 e. The first-order valence-electron chi connectivity index (χ1n) is 12.0. The van der Waals surface area contributed by atoms with Crippen molar-refractivity contribution in [3.05, 3.63) is 93.0 Å². The molecule has 1 fully saturated rings. The van der Waals surface area contributed by atoms with Crippen LogP contribution in [0.2, 0.25) is 5.02 Å². The van der Waals surface area contributed by atoms with Gasteiger partial charge in [-0.2, -0.15) is 0 Å². The average molecular weight is 513 g/mol. The number of phenols is 1. The molecule has 1 saturated heterocycles. The number of rotatable bonds is 7. The fourth-order valence-electron chi connectivity index (χ4n) is 4.51. The van der Waals surface area contributed by atoms with Gasteiger partial charge in [0.15, 0.2) is 13.7 Å². The van der Waals surface area contributed by atoms with E-state index >= 15 is 0 Å². The second-order valence-electron chi connectivity index (χ2n) is 9.62. The number of hydrogen-bond donors (Lipinski definition) is 1. The molecule has 186 valence electrons. The Labute approximate surface area is 214 Å². The standard InChI is InChI=1S/C29H34ClO4P/c1-19(2)26-15-22(9-10-28(26)31)16-27-20(3)13-25(14-21(27)4)32-18-35(5)33-12-11-29(34-35)23-7-6-8-24(30)17-23/h6-10,13-15,17,19,29,31H,5,11-12,16,18H2,1-4H3/t29-,35?/m1/s1. The third-order valence-corrected chi connectivity index (χ3v) is 8.49. The monoisotopic (exact) mass is 512 g/mol. The van der Waals surface area contributed by atoms with Gasteiger partial charge in [0.2, 0.25) is 0 Å². The van der Waals surface area contributed by atoms with Gasteiger partial charge in [-0.25, -0.2) is 0 Å². The zero-order valence-corrected chi connectivity index (χ0v) is 22.5. The fourth-order valence-corrected chi connectivity index (χ4v) is 6.38. The lowest BCUT2D eigenvalue weighted by Gasteiger charge is -2.34. The number of benzene rings is 3. The molecule has 35 heavy (non-hydrogen) atoms. The van der Waals surface area contributed by atoms with Crippen molar-refractivity contribution < 1.29 is 18.9 Å². The first-order chi connectivity index (χ1) is 16.6. The minimum Gasteiger partial charge on any atom is -0.508 e. The number of phenolic OH excluding ortho intramolecular Hbond substituents is 1. The number of ether oxygens (including phenoxy) is 1. The Morgan fingerprint density at radius 1 is 1.11 bits per heavy atom. The van der Waals surface area contributed by atoms with Crippen LogP contribution < -0.4 is 4.74 Å². The quantitative estimate of drug-likeness (QED) is 0.324. The van der Waals surface area contributed by atoms with E-state index in [4.69, 9.17) is 25.4 Å². The fraction of sp³-hybridized carbons (Fsp3) is 0.345. The van der Waals surface area contributed by atoms with Crippen LogP contribution >= 0.6 is 18.9 Å². The summed E-state index contributed by atoms with van der Waals surface area (Å²) in [5.74, 6) is 1.42. The van der Waals surface area contributed by atoms with Gasteiger partial charge in [-0.05, 0) is 96.2 Å². The van der Waals surface area contributed by atoms with Crippen molar-refractivity contribution in [3.8, 4) is 11.5 Å². The van der Waals surface area contributed by atoms with Crippen LogP contribution in [0.4, 0.5) is 0 Å². The van der Waals surface area contributed by atoms with Crippen molar-refractivity contribution in [1.29, 1.82) is 0 Å². The molecule has 3 aromatic carbocycles. The van der Waals surface area contributed by atoms with E-state index in [1.165, 1.54) is 11.1 Å². The van der Waals surface area contributed by atoms with E-state index in [2.05, 4.69) is 52.2 Å². The summed E-state index contributed by atoms with van der Waals surface area (Å²) in [4.78, 5) is 0. The average Bonchev–Trinajstić information content (AvgIpc) is 2.81. The molecule has 0 radical (unpaired) electrons. The largest absolute Gasteiger partial charge is 0.508 e. The van der Waals surface area contributed by atoms with Gasteiger partial charge in [-0.15, -0.1) is 0 Å². The van der Waals surface area contributed by atoms with E-state index < -0.39 is 7.34 Å². The van der Waals surface area contributed by atoms with Gasteiger partial charge < -0.3 is 18.9 Å². The molecule has 0 amide bonds. The second kappa shape index (κ2) is 10.8. The van der Waals surface area contributed by atoms with Crippen LogP contribution in [0.25, 0.3) is 0 Å². The summed E-state index contributed by atoms with van der Waals surface area (Å²) < 4.78 is 18.5. The Balaban J connectivity index is 1.45. The molecule has 1 N–H and O–H groups in total. The summed E-state index contributed by atoms with van der Waals surface area (Å²) in [7, 11) is -2.42. The summed E-state index contributed by atoms with van der Waals surface area (Å²) in [5.41, 5.74) is 6.80. The smallest absolute Gasteiger partial charge is 0.155 e.